The molecule has 6 heteroatoms. The molecule has 0 saturated carbocycles. The van der Waals surface area contributed by atoms with Gasteiger partial charge in [-0.15, -0.1) is 0 Å². The number of carbonyl (C=O) groups is 1. The molecule has 0 aliphatic carbocycles. The van der Waals surface area contributed by atoms with E-state index in [1.165, 1.54) is 0 Å². The summed E-state index contributed by atoms with van der Waals surface area (Å²) < 4.78 is 0. The molecule has 3 heterocycles. The highest BCUT2D eigenvalue weighted by Crippen LogP contribution is 2.30. The van der Waals surface area contributed by atoms with E-state index in [9.17, 15) is 4.79 Å². The van der Waals surface area contributed by atoms with Crippen LogP contribution in [0.3, 0.4) is 0 Å². The number of pyridine rings is 1. The molecular formula is C13H16N4O2. The molecule has 1 fully saturated rings. The van der Waals surface area contributed by atoms with Crippen molar-refractivity contribution >= 4 is 17.3 Å². The van der Waals surface area contributed by atoms with Gasteiger partial charge in [0.1, 0.15) is 5.71 Å². The van der Waals surface area contributed by atoms with Gasteiger partial charge in [-0.2, -0.15) is 0 Å². The number of aromatic nitrogens is 1. The van der Waals surface area contributed by atoms with E-state index in [1.807, 2.05) is 0 Å². The molecule has 1 spiro atoms. The number of carbonyl (C=O) groups excluding carboxylic acids is 1. The van der Waals surface area contributed by atoms with Crippen LogP contribution in [0.15, 0.2) is 29.7 Å². The number of hydrogen-bond acceptors (Lipinski definition) is 5. The fourth-order valence-electron chi connectivity index (χ4n) is 2.45. The van der Waals surface area contributed by atoms with E-state index >= 15 is 0 Å². The minimum Gasteiger partial charge on any atom is -0.387 e. The number of oxime groups is 1. The molecule has 1 aromatic rings. The first-order valence-corrected chi connectivity index (χ1v) is 6.45. The summed E-state index contributed by atoms with van der Waals surface area (Å²) in [4.78, 5) is 21.5. The molecule has 1 saturated heterocycles. The van der Waals surface area contributed by atoms with Crippen molar-refractivity contribution in [1.29, 1.82) is 0 Å². The maximum atomic E-state index is 12.1. The molecular weight excluding hydrogens is 244 g/mol. The number of rotatable bonds is 2. The van der Waals surface area contributed by atoms with Crippen LogP contribution in [0.25, 0.3) is 0 Å². The predicted molar refractivity (Wildman–Crippen MR) is 70.8 cm³/mol. The molecule has 0 aromatic carbocycles. The Hall–Kier alpha value is -1.95. The Bertz CT molecular complexity index is 495. The summed E-state index contributed by atoms with van der Waals surface area (Å²) >= 11 is 0. The summed E-state index contributed by atoms with van der Waals surface area (Å²) in [6.45, 7) is 1.75. The minimum absolute atomic E-state index is 0.213. The van der Waals surface area contributed by atoms with Gasteiger partial charge in [0, 0.05) is 19.2 Å². The van der Waals surface area contributed by atoms with Crippen LogP contribution >= 0.6 is 0 Å². The third-order valence-corrected chi connectivity index (χ3v) is 3.45. The van der Waals surface area contributed by atoms with Crippen LogP contribution in [0.4, 0.5) is 5.69 Å². The predicted octanol–water partition coefficient (Wildman–Crippen LogP) is 0.919. The third kappa shape index (κ3) is 2.58. The lowest BCUT2D eigenvalue weighted by Gasteiger charge is -2.30. The van der Waals surface area contributed by atoms with Crippen LogP contribution < -0.4 is 10.6 Å². The molecule has 2 N–H and O–H groups in total. The van der Waals surface area contributed by atoms with Crippen molar-refractivity contribution < 1.29 is 9.63 Å². The Labute approximate surface area is 111 Å². The average molecular weight is 260 g/mol. The number of nitrogens with one attached hydrogen (secondary N) is 2. The number of hydrogen-bond donors (Lipinski definition) is 2. The van der Waals surface area contributed by atoms with Gasteiger partial charge in [0.05, 0.1) is 11.9 Å². The topological polar surface area (TPSA) is 75.6 Å². The average Bonchev–Trinajstić information content (AvgIpc) is 2.85. The Morgan fingerprint density at radius 3 is 3.21 bits per heavy atom. The fourth-order valence-corrected chi connectivity index (χ4v) is 2.45. The first-order valence-electron chi connectivity index (χ1n) is 6.45. The van der Waals surface area contributed by atoms with Crippen LogP contribution in [0.1, 0.15) is 19.3 Å². The largest absolute Gasteiger partial charge is 0.387 e. The van der Waals surface area contributed by atoms with Gasteiger partial charge in [-0.05, 0) is 31.5 Å². The zero-order valence-corrected chi connectivity index (χ0v) is 10.6. The van der Waals surface area contributed by atoms with Gasteiger partial charge < -0.3 is 15.5 Å². The van der Waals surface area contributed by atoms with Gasteiger partial charge in [0.2, 0.25) is 0 Å². The highest BCUT2D eigenvalue weighted by Gasteiger charge is 2.42. The molecule has 1 aromatic heterocycles. The fraction of sp³-hybridized carbons (Fsp3) is 0.462. The molecule has 0 bridgehead atoms. The summed E-state index contributed by atoms with van der Waals surface area (Å²) in [5.41, 5.74) is 0.797. The SMILES string of the molecule is O=C(Nc1cccnc1)C1=NO[C@@]2(CCCNC2)C1. The van der Waals surface area contributed by atoms with E-state index in [2.05, 4.69) is 20.8 Å². The van der Waals surface area contributed by atoms with E-state index < -0.39 is 0 Å². The van der Waals surface area contributed by atoms with Crippen molar-refractivity contribution in [2.24, 2.45) is 5.16 Å². The Morgan fingerprint density at radius 2 is 2.47 bits per heavy atom. The zero-order chi connectivity index (χ0) is 13.1. The molecule has 2 aliphatic rings. The van der Waals surface area contributed by atoms with Crippen LogP contribution in [-0.4, -0.2) is 35.3 Å². The third-order valence-electron chi connectivity index (χ3n) is 3.45. The summed E-state index contributed by atoms with van der Waals surface area (Å²) in [6.07, 6.45) is 5.81. The first-order chi connectivity index (χ1) is 9.27. The molecule has 1 amide bonds. The highest BCUT2D eigenvalue weighted by molar-refractivity contribution is 6.43. The number of piperidine rings is 1. The van der Waals surface area contributed by atoms with E-state index in [0.29, 0.717) is 17.8 Å². The van der Waals surface area contributed by atoms with Gasteiger partial charge in [-0.3, -0.25) is 9.78 Å². The standard InChI is InChI=1S/C13H16N4O2/c18-12(16-10-3-1-5-14-8-10)11-7-13(19-17-11)4-2-6-15-9-13/h1,3,5,8,15H,2,4,6-7,9H2,(H,16,18)/t13-/m0/s1. The minimum atomic E-state index is -0.320. The lowest BCUT2D eigenvalue weighted by molar-refractivity contribution is -0.110. The molecule has 1 atom stereocenters. The molecule has 0 unspecified atom stereocenters. The van der Waals surface area contributed by atoms with Crippen molar-refractivity contribution in [2.75, 3.05) is 18.4 Å². The second kappa shape index (κ2) is 4.97. The zero-order valence-electron chi connectivity index (χ0n) is 10.6. The van der Waals surface area contributed by atoms with Crippen LogP contribution in [0, 0.1) is 0 Å². The molecule has 3 rings (SSSR count). The van der Waals surface area contributed by atoms with Gasteiger partial charge in [-0.1, -0.05) is 5.16 Å². The van der Waals surface area contributed by atoms with Gasteiger partial charge in [0.15, 0.2) is 5.60 Å². The maximum Gasteiger partial charge on any atom is 0.273 e. The molecule has 2 aliphatic heterocycles. The van der Waals surface area contributed by atoms with Crippen molar-refractivity contribution in [3.05, 3.63) is 24.5 Å². The molecule has 0 radical (unpaired) electrons. The van der Waals surface area contributed by atoms with Crippen LogP contribution in [0.2, 0.25) is 0 Å². The molecule has 19 heavy (non-hydrogen) atoms. The van der Waals surface area contributed by atoms with E-state index in [0.717, 1.165) is 25.9 Å². The molecule has 6 nitrogen and oxygen atoms in total. The van der Waals surface area contributed by atoms with Crippen molar-refractivity contribution in [3.63, 3.8) is 0 Å². The Balaban J connectivity index is 1.63. The summed E-state index contributed by atoms with van der Waals surface area (Å²) in [5.74, 6) is -0.213. The van der Waals surface area contributed by atoms with Crippen LogP contribution in [0.5, 0.6) is 0 Å². The second-order valence-corrected chi connectivity index (χ2v) is 4.97. The van der Waals surface area contributed by atoms with Crippen molar-refractivity contribution in [2.45, 2.75) is 24.9 Å². The Morgan fingerprint density at radius 1 is 1.53 bits per heavy atom. The van der Waals surface area contributed by atoms with Crippen LogP contribution in [-0.2, 0) is 9.63 Å². The smallest absolute Gasteiger partial charge is 0.273 e. The lowest BCUT2D eigenvalue weighted by atomic mass is 9.89. The van der Waals surface area contributed by atoms with Crippen molar-refractivity contribution in [1.82, 2.24) is 10.3 Å². The lowest BCUT2D eigenvalue weighted by Crippen LogP contribution is -2.46. The highest BCUT2D eigenvalue weighted by atomic mass is 16.7. The van der Waals surface area contributed by atoms with Gasteiger partial charge >= 0.3 is 0 Å². The monoisotopic (exact) mass is 260 g/mol. The quantitative estimate of drug-likeness (QED) is 0.829. The summed E-state index contributed by atoms with van der Waals surface area (Å²) in [5, 5.41) is 10.0. The van der Waals surface area contributed by atoms with Gasteiger partial charge in [-0.25, -0.2) is 0 Å². The number of nitrogens with zero attached hydrogens (tertiary/aromatic N) is 2. The van der Waals surface area contributed by atoms with E-state index in [4.69, 9.17) is 4.84 Å². The molecule has 100 valence electrons. The van der Waals surface area contributed by atoms with Gasteiger partial charge in [0.25, 0.3) is 5.91 Å². The van der Waals surface area contributed by atoms with Crippen molar-refractivity contribution in [3.8, 4) is 0 Å². The maximum absolute atomic E-state index is 12.1. The Kier molecular flexibility index (Phi) is 3.16. The number of anilines is 1. The normalized spacial score (nSPS) is 25.8. The number of amides is 1. The summed E-state index contributed by atoms with van der Waals surface area (Å²) in [7, 11) is 0. The first kappa shape index (κ1) is 12.1. The second-order valence-electron chi connectivity index (χ2n) is 4.97. The van der Waals surface area contributed by atoms with E-state index in [-0.39, 0.29) is 11.5 Å². The van der Waals surface area contributed by atoms with E-state index in [1.54, 1.807) is 24.5 Å². The summed E-state index contributed by atoms with van der Waals surface area (Å²) in [6, 6.07) is 3.56.